The number of methoxy groups -OCH3 is 1. The van der Waals surface area contributed by atoms with Crippen molar-refractivity contribution < 1.29 is 9.47 Å². The second-order valence-electron chi connectivity index (χ2n) is 5.41. The highest BCUT2D eigenvalue weighted by Gasteiger charge is 2.07. The zero-order chi connectivity index (χ0) is 16.4. The van der Waals surface area contributed by atoms with Crippen molar-refractivity contribution in [2.75, 3.05) is 7.11 Å². The van der Waals surface area contributed by atoms with Crippen LogP contribution in [0.5, 0.6) is 17.2 Å². The van der Waals surface area contributed by atoms with Gasteiger partial charge in [-0.3, -0.25) is 0 Å². The van der Waals surface area contributed by atoms with Crippen molar-refractivity contribution in [3.05, 3.63) is 72.8 Å². The van der Waals surface area contributed by atoms with Gasteiger partial charge < -0.3 is 14.5 Å². The number of hydrogen-bond donors (Lipinski definition) is 1. The minimum absolute atomic E-state index is 0.794. The van der Waals surface area contributed by atoms with Gasteiger partial charge in [-0.1, -0.05) is 18.2 Å². The van der Waals surface area contributed by atoms with Crippen molar-refractivity contribution in [3.8, 4) is 28.6 Å². The number of hydrogen-bond acceptors (Lipinski definition) is 3. The van der Waals surface area contributed by atoms with E-state index < -0.39 is 0 Å². The first-order valence-electron chi connectivity index (χ1n) is 7.69. The molecular formula is C20H16N2O2. The zero-order valence-electron chi connectivity index (χ0n) is 13.2. The van der Waals surface area contributed by atoms with E-state index in [1.54, 1.807) is 7.11 Å². The summed E-state index contributed by atoms with van der Waals surface area (Å²) in [6, 6.07) is 23.4. The van der Waals surface area contributed by atoms with E-state index in [1.165, 1.54) is 0 Å². The Bertz CT molecular complexity index is 960. The molecule has 0 saturated heterocycles. The van der Waals surface area contributed by atoms with Crippen LogP contribution in [-0.4, -0.2) is 17.1 Å². The molecular weight excluding hydrogens is 300 g/mol. The van der Waals surface area contributed by atoms with E-state index in [9.17, 15) is 0 Å². The number of benzene rings is 3. The van der Waals surface area contributed by atoms with Crippen LogP contribution in [0.25, 0.3) is 22.4 Å². The third-order valence-corrected chi connectivity index (χ3v) is 3.80. The fraction of sp³-hybridized carbons (Fsp3) is 0.0500. The van der Waals surface area contributed by atoms with Crippen LogP contribution < -0.4 is 9.47 Å². The Labute approximate surface area is 139 Å². The van der Waals surface area contributed by atoms with E-state index in [4.69, 9.17) is 9.47 Å². The molecule has 0 atom stereocenters. The number of ether oxygens (including phenoxy) is 2. The molecule has 1 heterocycles. The highest BCUT2D eigenvalue weighted by Crippen LogP contribution is 2.27. The zero-order valence-corrected chi connectivity index (χ0v) is 13.2. The molecule has 0 radical (unpaired) electrons. The quantitative estimate of drug-likeness (QED) is 0.574. The van der Waals surface area contributed by atoms with Crippen LogP contribution in [0.2, 0.25) is 0 Å². The van der Waals surface area contributed by atoms with Crippen LogP contribution in [0.1, 0.15) is 0 Å². The summed E-state index contributed by atoms with van der Waals surface area (Å²) >= 11 is 0. The Morgan fingerprint density at radius 1 is 0.792 bits per heavy atom. The number of para-hydroxylation sites is 1. The summed E-state index contributed by atoms with van der Waals surface area (Å²) in [4.78, 5) is 7.94. The van der Waals surface area contributed by atoms with E-state index in [1.807, 2.05) is 72.8 Å². The summed E-state index contributed by atoms with van der Waals surface area (Å²) < 4.78 is 11.1. The number of aromatic amines is 1. The monoisotopic (exact) mass is 316 g/mol. The normalized spacial score (nSPS) is 10.7. The number of rotatable bonds is 4. The molecule has 118 valence electrons. The van der Waals surface area contributed by atoms with Gasteiger partial charge in [-0.25, -0.2) is 4.98 Å². The van der Waals surface area contributed by atoms with Crippen molar-refractivity contribution in [1.29, 1.82) is 0 Å². The molecule has 24 heavy (non-hydrogen) atoms. The third kappa shape index (κ3) is 2.82. The molecule has 1 N–H and O–H groups in total. The molecule has 1 aromatic heterocycles. The van der Waals surface area contributed by atoms with E-state index >= 15 is 0 Å². The minimum atomic E-state index is 0.794. The van der Waals surface area contributed by atoms with Gasteiger partial charge in [0.05, 0.1) is 18.1 Å². The summed E-state index contributed by atoms with van der Waals surface area (Å²) in [5.74, 6) is 3.25. The van der Waals surface area contributed by atoms with E-state index in [0.717, 1.165) is 39.7 Å². The number of nitrogens with zero attached hydrogens (tertiary/aromatic N) is 1. The van der Waals surface area contributed by atoms with Crippen LogP contribution in [0, 0.1) is 0 Å². The lowest BCUT2D eigenvalue weighted by molar-refractivity contribution is 0.415. The van der Waals surface area contributed by atoms with Gasteiger partial charge in [0.25, 0.3) is 0 Å². The van der Waals surface area contributed by atoms with Crippen molar-refractivity contribution >= 4 is 11.0 Å². The fourth-order valence-electron chi connectivity index (χ4n) is 2.56. The summed E-state index contributed by atoms with van der Waals surface area (Å²) in [5, 5.41) is 0. The van der Waals surface area contributed by atoms with Gasteiger partial charge in [-0.05, 0) is 48.5 Å². The lowest BCUT2D eigenvalue weighted by Gasteiger charge is -2.05. The fourth-order valence-corrected chi connectivity index (χ4v) is 2.56. The molecule has 0 aliphatic heterocycles. The van der Waals surface area contributed by atoms with Gasteiger partial charge in [0, 0.05) is 11.6 Å². The maximum absolute atomic E-state index is 5.81. The molecule has 0 spiro atoms. The van der Waals surface area contributed by atoms with Crippen LogP contribution in [-0.2, 0) is 0 Å². The molecule has 0 unspecified atom stereocenters. The van der Waals surface area contributed by atoms with Gasteiger partial charge in [0.2, 0.25) is 0 Å². The van der Waals surface area contributed by atoms with Crippen LogP contribution in [0.4, 0.5) is 0 Å². The number of nitrogens with one attached hydrogen (secondary N) is 1. The summed E-state index contributed by atoms with van der Waals surface area (Å²) in [5.41, 5.74) is 2.87. The molecule has 4 aromatic rings. The number of aromatic nitrogens is 2. The Morgan fingerprint density at radius 2 is 1.50 bits per heavy atom. The van der Waals surface area contributed by atoms with E-state index in [0.29, 0.717) is 0 Å². The molecule has 0 saturated carbocycles. The van der Waals surface area contributed by atoms with Gasteiger partial charge >= 0.3 is 0 Å². The van der Waals surface area contributed by atoms with E-state index in [-0.39, 0.29) is 0 Å². The molecule has 0 bridgehead atoms. The number of H-pyrrole nitrogens is 1. The Kier molecular flexibility index (Phi) is 3.63. The molecule has 0 aliphatic rings. The number of fused-ring (bicyclic) bond motifs is 1. The van der Waals surface area contributed by atoms with Crippen molar-refractivity contribution in [1.82, 2.24) is 9.97 Å². The first-order chi connectivity index (χ1) is 11.8. The average molecular weight is 316 g/mol. The van der Waals surface area contributed by atoms with Crippen LogP contribution in [0.15, 0.2) is 72.8 Å². The summed E-state index contributed by atoms with van der Waals surface area (Å²) in [7, 11) is 1.66. The standard InChI is InChI=1S/C20H16N2O2/c1-23-17-11-12-18-19(13-17)22-20(21-18)14-7-9-16(10-8-14)24-15-5-3-2-4-6-15/h2-13H,1H3,(H,21,22). The first-order valence-corrected chi connectivity index (χ1v) is 7.69. The molecule has 3 aromatic carbocycles. The molecule has 0 amide bonds. The van der Waals surface area contributed by atoms with Gasteiger partial charge in [-0.15, -0.1) is 0 Å². The second-order valence-corrected chi connectivity index (χ2v) is 5.41. The predicted octanol–water partition coefficient (Wildman–Crippen LogP) is 5.03. The molecule has 4 nitrogen and oxygen atoms in total. The predicted molar refractivity (Wildman–Crippen MR) is 94.6 cm³/mol. The van der Waals surface area contributed by atoms with Crippen LogP contribution in [0.3, 0.4) is 0 Å². The Hall–Kier alpha value is -3.27. The van der Waals surface area contributed by atoms with Gasteiger partial charge in [0.15, 0.2) is 0 Å². The largest absolute Gasteiger partial charge is 0.497 e. The lowest BCUT2D eigenvalue weighted by atomic mass is 10.2. The maximum atomic E-state index is 5.81. The van der Waals surface area contributed by atoms with Crippen molar-refractivity contribution in [2.24, 2.45) is 0 Å². The average Bonchev–Trinajstić information content (AvgIpc) is 3.06. The highest BCUT2D eigenvalue weighted by molar-refractivity contribution is 5.80. The molecule has 0 fully saturated rings. The molecule has 4 rings (SSSR count). The summed E-state index contributed by atoms with van der Waals surface area (Å²) in [6.45, 7) is 0. The van der Waals surface area contributed by atoms with Gasteiger partial charge in [0.1, 0.15) is 23.1 Å². The van der Waals surface area contributed by atoms with Crippen LogP contribution >= 0.6 is 0 Å². The molecule has 4 heteroatoms. The van der Waals surface area contributed by atoms with Gasteiger partial charge in [-0.2, -0.15) is 0 Å². The third-order valence-electron chi connectivity index (χ3n) is 3.80. The Balaban J connectivity index is 1.60. The maximum Gasteiger partial charge on any atom is 0.138 e. The van der Waals surface area contributed by atoms with Crippen molar-refractivity contribution in [2.45, 2.75) is 0 Å². The summed E-state index contributed by atoms with van der Waals surface area (Å²) in [6.07, 6.45) is 0. The topological polar surface area (TPSA) is 47.1 Å². The minimum Gasteiger partial charge on any atom is -0.497 e. The first kappa shape index (κ1) is 14.3. The SMILES string of the molecule is COc1ccc2nc(-c3ccc(Oc4ccccc4)cc3)[nH]c2c1. The second kappa shape index (κ2) is 6.08. The van der Waals surface area contributed by atoms with Crippen molar-refractivity contribution in [3.63, 3.8) is 0 Å². The Morgan fingerprint density at radius 3 is 2.25 bits per heavy atom. The smallest absolute Gasteiger partial charge is 0.138 e. The lowest BCUT2D eigenvalue weighted by Crippen LogP contribution is -1.84. The molecule has 0 aliphatic carbocycles. The highest BCUT2D eigenvalue weighted by atomic mass is 16.5. The number of imidazole rings is 1. The van der Waals surface area contributed by atoms with E-state index in [2.05, 4.69) is 9.97 Å².